The predicted molar refractivity (Wildman–Crippen MR) is 55.8 cm³/mol. The van der Waals surface area contributed by atoms with Crippen molar-refractivity contribution in [3.8, 4) is 0 Å². The maximum absolute atomic E-state index is 10.8. The van der Waals surface area contributed by atoms with E-state index in [1.807, 2.05) is 13.8 Å². The minimum absolute atomic E-state index is 0.172. The van der Waals surface area contributed by atoms with Crippen LogP contribution in [-0.4, -0.2) is 28.4 Å². The average Bonchev–Trinajstić information content (AvgIpc) is 2.70. The first kappa shape index (κ1) is 11.8. The Morgan fingerprint density at radius 2 is 2.20 bits per heavy atom. The van der Waals surface area contributed by atoms with Crippen LogP contribution in [0, 0.1) is 0 Å². The summed E-state index contributed by atoms with van der Waals surface area (Å²) >= 11 is 0. The summed E-state index contributed by atoms with van der Waals surface area (Å²) in [4.78, 5) is 10.8. The van der Waals surface area contributed by atoms with E-state index in [0.29, 0.717) is 5.69 Å². The SMILES string of the molecule is CCC(C)n1nnc(C=O)c1C(C)OC. The van der Waals surface area contributed by atoms with Crippen LogP contribution in [0.2, 0.25) is 0 Å². The molecule has 0 saturated carbocycles. The van der Waals surface area contributed by atoms with Crippen molar-refractivity contribution in [3.05, 3.63) is 11.4 Å². The molecule has 0 bridgehead atoms. The molecule has 1 aromatic heterocycles. The van der Waals surface area contributed by atoms with Gasteiger partial charge >= 0.3 is 0 Å². The van der Waals surface area contributed by atoms with Crippen LogP contribution in [0.25, 0.3) is 0 Å². The van der Waals surface area contributed by atoms with Gasteiger partial charge in [0.2, 0.25) is 0 Å². The smallest absolute Gasteiger partial charge is 0.172 e. The lowest BCUT2D eigenvalue weighted by Crippen LogP contribution is -2.13. The minimum Gasteiger partial charge on any atom is -0.375 e. The molecular weight excluding hydrogens is 194 g/mol. The van der Waals surface area contributed by atoms with Crippen LogP contribution in [0.3, 0.4) is 0 Å². The van der Waals surface area contributed by atoms with Crippen molar-refractivity contribution < 1.29 is 9.53 Å². The molecule has 5 heteroatoms. The molecule has 0 aliphatic carbocycles. The number of hydrogen-bond donors (Lipinski definition) is 0. The second-order valence-electron chi connectivity index (χ2n) is 3.56. The summed E-state index contributed by atoms with van der Waals surface area (Å²) in [5.41, 5.74) is 1.12. The number of aldehydes is 1. The van der Waals surface area contributed by atoms with Crippen LogP contribution in [0.1, 0.15) is 55.5 Å². The highest BCUT2D eigenvalue weighted by molar-refractivity contribution is 5.73. The van der Waals surface area contributed by atoms with E-state index in [1.54, 1.807) is 11.8 Å². The fourth-order valence-corrected chi connectivity index (χ4v) is 1.40. The maximum atomic E-state index is 10.8. The number of aromatic nitrogens is 3. The summed E-state index contributed by atoms with van der Waals surface area (Å²) in [6.45, 7) is 5.98. The lowest BCUT2D eigenvalue weighted by atomic mass is 10.2. The molecule has 1 rings (SSSR count). The first-order valence-electron chi connectivity index (χ1n) is 5.08. The summed E-state index contributed by atoms with van der Waals surface area (Å²) in [7, 11) is 1.60. The highest BCUT2D eigenvalue weighted by Gasteiger charge is 2.20. The number of nitrogens with zero attached hydrogens (tertiary/aromatic N) is 3. The number of carbonyl (C=O) groups is 1. The zero-order chi connectivity index (χ0) is 11.4. The summed E-state index contributed by atoms with van der Waals surface area (Å²) in [5.74, 6) is 0. The van der Waals surface area contributed by atoms with Crippen LogP contribution >= 0.6 is 0 Å². The third-order valence-electron chi connectivity index (χ3n) is 2.62. The zero-order valence-corrected chi connectivity index (χ0v) is 9.60. The van der Waals surface area contributed by atoms with E-state index in [9.17, 15) is 4.79 Å². The van der Waals surface area contributed by atoms with Crippen molar-refractivity contribution in [2.75, 3.05) is 7.11 Å². The monoisotopic (exact) mass is 211 g/mol. The molecule has 5 nitrogen and oxygen atoms in total. The van der Waals surface area contributed by atoms with Gasteiger partial charge < -0.3 is 4.74 Å². The molecule has 0 amide bonds. The molecule has 0 spiro atoms. The normalized spacial score (nSPS) is 14.9. The van der Waals surface area contributed by atoms with E-state index >= 15 is 0 Å². The van der Waals surface area contributed by atoms with Crippen molar-refractivity contribution in [2.24, 2.45) is 0 Å². The minimum atomic E-state index is -0.172. The Bertz CT molecular complexity index is 335. The lowest BCUT2D eigenvalue weighted by molar-refractivity contribution is 0.104. The van der Waals surface area contributed by atoms with E-state index in [4.69, 9.17) is 4.74 Å². The number of ether oxygens (including phenoxy) is 1. The van der Waals surface area contributed by atoms with Crippen LogP contribution in [0.5, 0.6) is 0 Å². The number of rotatable bonds is 5. The van der Waals surface area contributed by atoms with Gasteiger partial charge in [0.15, 0.2) is 12.0 Å². The van der Waals surface area contributed by atoms with Gasteiger partial charge in [0, 0.05) is 7.11 Å². The van der Waals surface area contributed by atoms with Gasteiger partial charge in [0.25, 0.3) is 0 Å². The highest BCUT2D eigenvalue weighted by Crippen LogP contribution is 2.22. The van der Waals surface area contributed by atoms with Gasteiger partial charge in [-0.15, -0.1) is 5.10 Å². The molecular formula is C10H17N3O2. The molecule has 84 valence electrons. The number of hydrogen-bond acceptors (Lipinski definition) is 4. The zero-order valence-electron chi connectivity index (χ0n) is 9.60. The first-order valence-corrected chi connectivity index (χ1v) is 5.08. The van der Waals surface area contributed by atoms with Crippen molar-refractivity contribution in [3.63, 3.8) is 0 Å². The van der Waals surface area contributed by atoms with Crippen LogP contribution < -0.4 is 0 Å². The molecule has 0 aliphatic rings. The molecule has 1 heterocycles. The van der Waals surface area contributed by atoms with Crippen LogP contribution in [0.4, 0.5) is 0 Å². The standard InChI is InChI=1S/C10H17N3O2/c1-5-7(2)13-10(8(3)15-4)9(6-14)11-12-13/h6-8H,5H2,1-4H3. The summed E-state index contributed by atoms with van der Waals surface area (Å²) in [5, 5.41) is 7.82. The second-order valence-corrected chi connectivity index (χ2v) is 3.56. The average molecular weight is 211 g/mol. The van der Waals surface area contributed by atoms with Gasteiger partial charge in [-0.05, 0) is 20.3 Å². The lowest BCUT2D eigenvalue weighted by Gasteiger charge is -2.16. The molecule has 15 heavy (non-hydrogen) atoms. The summed E-state index contributed by atoms with van der Waals surface area (Å²) < 4.78 is 6.97. The van der Waals surface area contributed by atoms with Gasteiger partial charge in [0.05, 0.1) is 17.8 Å². The van der Waals surface area contributed by atoms with Gasteiger partial charge in [-0.25, -0.2) is 4.68 Å². The van der Waals surface area contributed by atoms with Crippen molar-refractivity contribution in [1.29, 1.82) is 0 Å². The third kappa shape index (κ3) is 2.23. The Morgan fingerprint density at radius 1 is 1.53 bits per heavy atom. The van der Waals surface area contributed by atoms with E-state index < -0.39 is 0 Å². The van der Waals surface area contributed by atoms with Gasteiger partial charge in [-0.3, -0.25) is 4.79 Å². The molecule has 1 aromatic rings. The summed E-state index contributed by atoms with van der Waals surface area (Å²) in [6.07, 6.45) is 1.48. The number of methoxy groups -OCH3 is 1. The third-order valence-corrected chi connectivity index (χ3v) is 2.62. The van der Waals surface area contributed by atoms with Crippen molar-refractivity contribution in [1.82, 2.24) is 15.0 Å². The van der Waals surface area contributed by atoms with E-state index in [2.05, 4.69) is 17.2 Å². The molecule has 0 fully saturated rings. The van der Waals surface area contributed by atoms with E-state index in [0.717, 1.165) is 18.4 Å². The quantitative estimate of drug-likeness (QED) is 0.696. The van der Waals surface area contributed by atoms with Crippen LogP contribution in [0.15, 0.2) is 0 Å². The molecule has 2 unspecified atom stereocenters. The Hall–Kier alpha value is -1.23. The molecule has 2 atom stereocenters. The Balaban J connectivity index is 3.16. The van der Waals surface area contributed by atoms with Crippen molar-refractivity contribution >= 4 is 6.29 Å². The Kier molecular flexibility index (Phi) is 3.96. The Morgan fingerprint density at radius 3 is 2.67 bits per heavy atom. The molecule has 0 aromatic carbocycles. The number of carbonyl (C=O) groups excluding carboxylic acids is 1. The topological polar surface area (TPSA) is 57.0 Å². The molecule has 0 radical (unpaired) electrons. The van der Waals surface area contributed by atoms with Gasteiger partial charge in [0.1, 0.15) is 0 Å². The van der Waals surface area contributed by atoms with Gasteiger partial charge in [-0.2, -0.15) is 0 Å². The fraction of sp³-hybridized carbons (Fsp3) is 0.700. The highest BCUT2D eigenvalue weighted by atomic mass is 16.5. The van der Waals surface area contributed by atoms with Crippen molar-refractivity contribution in [2.45, 2.75) is 39.3 Å². The largest absolute Gasteiger partial charge is 0.375 e. The van der Waals surface area contributed by atoms with Gasteiger partial charge in [-0.1, -0.05) is 12.1 Å². The molecule has 0 aliphatic heterocycles. The predicted octanol–water partition coefficient (Wildman–Crippen LogP) is 1.77. The molecule has 0 saturated heterocycles. The maximum Gasteiger partial charge on any atom is 0.172 e. The van der Waals surface area contributed by atoms with E-state index in [1.165, 1.54) is 0 Å². The van der Waals surface area contributed by atoms with E-state index in [-0.39, 0.29) is 12.1 Å². The molecule has 0 N–H and O–H groups in total. The van der Waals surface area contributed by atoms with Crippen LogP contribution in [-0.2, 0) is 4.74 Å². The fourth-order valence-electron chi connectivity index (χ4n) is 1.40. The summed E-state index contributed by atoms with van der Waals surface area (Å²) in [6, 6.07) is 0.221. The Labute approximate surface area is 89.4 Å². The second kappa shape index (κ2) is 5.02. The first-order chi connectivity index (χ1) is 7.15.